The number of methoxy groups -OCH3 is 1. The highest BCUT2D eigenvalue weighted by Gasteiger charge is 2.26. The lowest BCUT2D eigenvalue weighted by atomic mass is 10.0. The van der Waals surface area contributed by atoms with Crippen LogP contribution in [0.15, 0.2) is 47.4 Å². The van der Waals surface area contributed by atoms with Gasteiger partial charge in [-0.2, -0.15) is 0 Å². The highest BCUT2D eigenvalue weighted by Crippen LogP contribution is 2.31. The molecule has 0 unspecified atom stereocenters. The molecule has 1 fully saturated rings. The van der Waals surface area contributed by atoms with Crippen molar-refractivity contribution in [3.63, 3.8) is 0 Å². The zero-order chi connectivity index (χ0) is 21.0. The monoisotopic (exact) mass is 420 g/mol. The molecule has 0 aliphatic carbocycles. The number of para-hydroxylation sites is 1. The summed E-state index contributed by atoms with van der Waals surface area (Å²) in [6.45, 7) is 2.17. The van der Waals surface area contributed by atoms with Gasteiger partial charge in [-0.3, -0.25) is 9.69 Å². The number of hydrogen-bond donors (Lipinski definition) is 1. The topological polar surface area (TPSA) is 75.7 Å². The molecule has 1 atom stereocenters. The van der Waals surface area contributed by atoms with Crippen molar-refractivity contribution in [1.29, 1.82) is 0 Å². The molecule has 3 rings (SSSR count). The van der Waals surface area contributed by atoms with Crippen LogP contribution < -0.4 is 10.1 Å². The van der Waals surface area contributed by atoms with E-state index in [1.54, 1.807) is 7.11 Å². The van der Waals surface area contributed by atoms with Gasteiger partial charge in [-0.05, 0) is 50.2 Å². The molecule has 0 bridgehead atoms. The van der Waals surface area contributed by atoms with Crippen LogP contribution in [0.25, 0.3) is 0 Å². The number of likely N-dealkylation sites (tertiary alicyclic amines) is 1. The number of nitrogens with zero attached hydrogens (tertiary/aromatic N) is 1. The second-order valence-electron chi connectivity index (χ2n) is 7.13. The van der Waals surface area contributed by atoms with E-state index < -0.39 is 26.5 Å². The number of benzene rings is 2. The summed E-state index contributed by atoms with van der Waals surface area (Å²) < 4.78 is 42.8. The number of sulfone groups is 1. The molecule has 1 N–H and O–H groups in total. The van der Waals surface area contributed by atoms with Crippen molar-refractivity contribution in [1.82, 2.24) is 10.2 Å². The third-order valence-electron chi connectivity index (χ3n) is 5.13. The van der Waals surface area contributed by atoms with Crippen LogP contribution >= 0.6 is 0 Å². The Bertz CT molecular complexity index is 988. The molecule has 156 valence electrons. The Labute approximate surface area is 170 Å². The molecule has 0 radical (unpaired) electrons. The van der Waals surface area contributed by atoms with E-state index in [1.165, 1.54) is 6.07 Å². The number of nitrogens with one attached hydrogen (secondary N) is 1. The summed E-state index contributed by atoms with van der Waals surface area (Å²) in [4.78, 5) is 14.5. The largest absolute Gasteiger partial charge is 0.496 e. The fourth-order valence-electron chi connectivity index (χ4n) is 3.65. The van der Waals surface area contributed by atoms with Gasteiger partial charge in [0.1, 0.15) is 16.5 Å². The number of hydrogen-bond acceptors (Lipinski definition) is 5. The maximum absolute atomic E-state index is 13.8. The first-order chi connectivity index (χ1) is 13.8. The second kappa shape index (κ2) is 8.92. The molecule has 0 spiro atoms. The molecule has 29 heavy (non-hydrogen) atoms. The molecule has 1 amide bonds. The standard InChI is InChI=1S/C21H25FN2O4S/c1-28-19-8-4-3-7-16(19)18(24-11-5-6-12-24)14-23-21(25)15-9-10-17(22)20(13-15)29(2,26)27/h3-4,7-10,13,18H,5-6,11-12,14H2,1-2H3,(H,23,25)/t18-/m1/s1. The van der Waals surface area contributed by atoms with Crippen LogP contribution in [0.2, 0.25) is 0 Å². The van der Waals surface area contributed by atoms with Crippen molar-refractivity contribution in [2.45, 2.75) is 23.8 Å². The maximum Gasteiger partial charge on any atom is 0.251 e. The quantitative estimate of drug-likeness (QED) is 0.746. The Morgan fingerprint density at radius 2 is 1.90 bits per heavy atom. The molecule has 1 aliphatic rings. The lowest BCUT2D eigenvalue weighted by Crippen LogP contribution is -2.37. The van der Waals surface area contributed by atoms with Crippen LogP contribution in [0.4, 0.5) is 4.39 Å². The van der Waals surface area contributed by atoms with Crippen molar-refractivity contribution in [3.05, 3.63) is 59.4 Å². The summed E-state index contributed by atoms with van der Waals surface area (Å²) in [6, 6.07) is 11.0. The Morgan fingerprint density at radius 1 is 1.21 bits per heavy atom. The van der Waals surface area contributed by atoms with Crippen LogP contribution in [-0.4, -0.2) is 52.2 Å². The molecule has 1 heterocycles. The van der Waals surface area contributed by atoms with E-state index in [9.17, 15) is 17.6 Å². The van der Waals surface area contributed by atoms with Gasteiger partial charge in [-0.15, -0.1) is 0 Å². The van der Waals surface area contributed by atoms with Gasteiger partial charge >= 0.3 is 0 Å². The lowest BCUT2D eigenvalue weighted by Gasteiger charge is -2.29. The molecule has 0 aromatic heterocycles. The highest BCUT2D eigenvalue weighted by molar-refractivity contribution is 7.90. The number of ether oxygens (including phenoxy) is 1. The minimum Gasteiger partial charge on any atom is -0.496 e. The molecular weight excluding hydrogens is 395 g/mol. The maximum atomic E-state index is 13.8. The van der Waals surface area contributed by atoms with E-state index in [4.69, 9.17) is 4.74 Å². The summed E-state index contributed by atoms with van der Waals surface area (Å²) in [6.07, 6.45) is 3.10. The Balaban J connectivity index is 1.82. The summed E-state index contributed by atoms with van der Waals surface area (Å²) in [5, 5.41) is 2.87. The molecular formula is C21H25FN2O4S. The summed E-state index contributed by atoms with van der Waals surface area (Å²) in [5.74, 6) is -0.568. The van der Waals surface area contributed by atoms with Crippen molar-refractivity contribution in [2.24, 2.45) is 0 Å². The minimum absolute atomic E-state index is 0.0765. The summed E-state index contributed by atoms with van der Waals surface area (Å²) >= 11 is 0. The van der Waals surface area contributed by atoms with Gasteiger partial charge in [-0.1, -0.05) is 18.2 Å². The number of rotatable bonds is 7. The smallest absolute Gasteiger partial charge is 0.251 e. The molecule has 2 aromatic carbocycles. The molecule has 1 aliphatic heterocycles. The van der Waals surface area contributed by atoms with Crippen LogP contribution in [0.5, 0.6) is 5.75 Å². The van der Waals surface area contributed by atoms with Gasteiger partial charge in [0, 0.05) is 23.9 Å². The molecule has 1 saturated heterocycles. The first-order valence-corrected chi connectivity index (χ1v) is 11.3. The van der Waals surface area contributed by atoms with Crippen molar-refractivity contribution < 1.29 is 22.3 Å². The molecule has 0 saturated carbocycles. The van der Waals surface area contributed by atoms with E-state index in [1.807, 2.05) is 24.3 Å². The third-order valence-corrected chi connectivity index (χ3v) is 6.24. The predicted molar refractivity (Wildman–Crippen MR) is 108 cm³/mol. The Morgan fingerprint density at radius 3 is 2.55 bits per heavy atom. The fraction of sp³-hybridized carbons (Fsp3) is 0.381. The third kappa shape index (κ3) is 4.94. The Kier molecular flexibility index (Phi) is 6.54. The summed E-state index contributed by atoms with van der Waals surface area (Å²) in [7, 11) is -2.15. The molecule has 6 nitrogen and oxygen atoms in total. The number of carbonyl (C=O) groups excluding carboxylic acids is 1. The van der Waals surface area contributed by atoms with Gasteiger partial charge < -0.3 is 10.1 Å². The van der Waals surface area contributed by atoms with Gasteiger partial charge in [0.25, 0.3) is 5.91 Å². The SMILES string of the molecule is COc1ccccc1[C@@H](CNC(=O)c1ccc(F)c(S(C)(=O)=O)c1)N1CCCC1. The zero-order valence-corrected chi connectivity index (χ0v) is 17.3. The highest BCUT2D eigenvalue weighted by atomic mass is 32.2. The van der Waals surface area contributed by atoms with E-state index in [0.29, 0.717) is 6.54 Å². The van der Waals surface area contributed by atoms with Gasteiger partial charge in [0.2, 0.25) is 0 Å². The average Bonchev–Trinajstić information content (AvgIpc) is 3.22. The number of amides is 1. The van der Waals surface area contributed by atoms with Crippen molar-refractivity contribution >= 4 is 15.7 Å². The van der Waals surface area contributed by atoms with Gasteiger partial charge in [-0.25, -0.2) is 12.8 Å². The fourth-order valence-corrected chi connectivity index (χ4v) is 4.41. The van der Waals surface area contributed by atoms with Crippen LogP contribution in [-0.2, 0) is 9.84 Å². The Hall–Kier alpha value is -2.45. The first kappa shape index (κ1) is 21.3. The van der Waals surface area contributed by atoms with Crippen LogP contribution in [0.1, 0.15) is 34.8 Å². The minimum atomic E-state index is -3.77. The van der Waals surface area contributed by atoms with Crippen LogP contribution in [0, 0.1) is 5.82 Å². The average molecular weight is 421 g/mol. The zero-order valence-electron chi connectivity index (χ0n) is 16.5. The van der Waals surface area contributed by atoms with Crippen LogP contribution in [0.3, 0.4) is 0 Å². The van der Waals surface area contributed by atoms with E-state index in [-0.39, 0.29) is 11.6 Å². The molecule has 2 aromatic rings. The number of carbonyl (C=O) groups is 1. The van der Waals surface area contributed by atoms with E-state index >= 15 is 0 Å². The lowest BCUT2D eigenvalue weighted by molar-refractivity contribution is 0.0937. The van der Waals surface area contributed by atoms with E-state index in [2.05, 4.69) is 10.2 Å². The van der Waals surface area contributed by atoms with Crippen molar-refractivity contribution in [3.8, 4) is 5.75 Å². The molecule has 8 heteroatoms. The van der Waals surface area contributed by atoms with Crippen molar-refractivity contribution in [2.75, 3.05) is 33.0 Å². The predicted octanol–water partition coefficient (Wildman–Crippen LogP) is 2.80. The second-order valence-corrected chi connectivity index (χ2v) is 9.11. The van der Waals surface area contributed by atoms with E-state index in [0.717, 1.165) is 55.6 Å². The number of halogens is 1. The van der Waals surface area contributed by atoms with Gasteiger partial charge in [0.15, 0.2) is 9.84 Å². The normalized spacial score (nSPS) is 15.8. The summed E-state index contributed by atoms with van der Waals surface area (Å²) in [5.41, 5.74) is 1.08. The first-order valence-electron chi connectivity index (χ1n) is 9.46. The van der Waals surface area contributed by atoms with Gasteiger partial charge in [0.05, 0.1) is 13.2 Å².